The molecule has 7 nitrogen and oxygen atoms in total. The van der Waals surface area contributed by atoms with E-state index in [1.165, 1.54) is 12.1 Å². The highest BCUT2D eigenvalue weighted by molar-refractivity contribution is 7.89. The van der Waals surface area contributed by atoms with Crippen molar-refractivity contribution >= 4 is 15.9 Å². The fourth-order valence-electron chi connectivity index (χ4n) is 2.41. The summed E-state index contributed by atoms with van der Waals surface area (Å²) in [4.78, 5) is 16.6. The van der Waals surface area contributed by atoms with Gasteiger partial charge in [-0.25, -0.2) is 8.42 Å². The van der Waals surface area contributed by atoms with E-state index in [0.717, 1.165) is 5.56 Å². The second-order valence-electron chi connectivity index (χ2n) is 6.33. The Bertz CT molecular complexity index is 837. The first-order chi connectivity index (χ1) is 12.8. The molecule has 0 bridgehead atoms. The van der Waals surface area contributed by atoms with Crippen LogP contribution in [0.2, 0.25) is 0 Å². The van der Waals surface area contributed by atoms with Gasteiger partial charge >= 0.3 is 0 Å². The van der Waals surface area contributed by atoms with Crippen LogP contribution in [0.15, 0.2) is 53.7 Å². The van der Waals surface area contributed by atoms with Crippen molar-refractivity contribution < 1.29 is 17.9 Å². The molecule has 1 heterocycles. The van der Waals surface area contributed by atoms with Crippen LogP contribution in [-0.4, -0.2) is 32.0 Å². The van der Waals surface area contributed by atoms with E-state index < -0.39 is 16.1 Å². The van der Waals surface area contributed by atoms with Crippen LogP contribution < -0.4 is 14.8 Å². The van der Waals surface area contributed by atoms with Crippen LogP contribution in [0.5, 0.6) is 5.75 Å². The molecule has 0 unspecified atom stereocenters. The van der Waals surface area contributed by atoms with Gasteiger partial charge < -0.3 is 10.1 Å². The second kappa shape index (κ2) is 9.48. The van der Waals surface area contributed by atoms with Gasteiger partial charge in [-0.3, -0.25) is 9.78 Å². The van der Waals surface area contributed by atoms with Crippen molar-refractivity contribution in [3.63, 3.8) is 0 Å². The zero-order valence-corrected chi connectivity index (χ0v) is 16.5. The number of hydrogen-bond acceptors (Lipinski definition) is 5. The number of aromatic nitrogens is 1. The zero-order chi connectivity index (χ0) is 19.9. The van der Waals surface area contributed by atoms with Gasteiger partial charge in [0.1, 0.15) is 11.8 Å². The van der Waals surface area contributed by atoms with E-state index in [-0.39, 0.29) is 23.3 Å². The highest BCUT2D eigenvalue weighted by Crippen LogP contribution is 2.17. The third-order valence-corrected chi connectivity index (χ3v) is 5.32. The molecule has 1 aromatic carbocycles. The monoisotopic (exact) mass is 391 g/mol. The topological polar surface area (TPSA) is 97.4 Å². The number of nitrogens with zero attached hydrogens (tertiary/aromatic N) is 1. The minimum absolute atomic E-state index is 0.0802. The number of sulfonamides is 1. The van der Waals surface area contributed by atoms with E-state index in [2.05, 4.69) is 15.0 Å². The first kappa shape index (κ1) is 20.9. The fraction of sp³-hybridized carbons (Fsp3) is 0.368. The Hall–Kier alpha value is -2.45. The lowest BCUT2D eigenvalue weighted by atomic mass is 10.0. The summed E-state index contributed by atoms with van der Waals surface area (Å²) in [5, 5.41) is 2.75. The summed E-state index contributed by atoms with van der Waals surface area (Å²) in [6.45, 7) is 6.20. The summed E-state index contributed by atoms with van der Waals surface area (Å²) >= 11 is 0. The summed E-state index contributed by atoms with van der Waals surface area (Å²) in [6.07, 6.45) is 3.29. The van der Waals surface area contributed by atoms with Gasteiger partial charge in [-0.15, -0.1) is 0 Å². The predicted molar refractivity (Wildman–Crippen MR) is 103 cm³/mol. The van der Waals surface area contributed by atoms with E-state index in [1.54, 1.807) is 44.4 Å². The lowest BCUT2D eigenvalue weighted by molar-refractivity contribution is -0.123. The van der Waals surface area contributed by atoms with E-state index in [1.807, 2.05) is 13.0 Å². The Morgan fingerprint density at radius 2 is 1.89 bits per heavy atom. The molecule has 2 rings (SSSR count). The number of pyridine rings is 1. The van der Waals surface area contributed by atoms with Crippen molar-refractivity contribution in [3.8, 4) is 5.75 Å². The number of carbonyl (C=O) groups is 1. The summed E-state index contributed by atoms with van der Waals surface area (Å²) in [6, 6.07) is 8.81. The normalized spacial score (nSPS) is 12.6. The van der Waals surface area contributed by atoms with Gasteiger partial charge in [0.2, 0.25) is 15.9 Å². The lowest BCUT2D eigenvalue weighted by Crippen LogP contribution is -2.49. The molecule has 0 spiro atoms. The van der Waals surface area contributed by atoms with E-state index in [9.17, 15) is 13.2 Å². The van der Waals surface area contributed by atoms with Crippen molar-refractivity contribution in [2.75, 3.05) is 6.61 Å². The molecule has 0 radical (unpaired) electrons. The summed E-state index contributed by atoms with van der Waals surface area (Å²) in [5.41, 5.74) is 0.836. The zero-order valence-electron chi connectivity index (χ0n) is 15.7. The fourth-order valence-corrected chi connectivity index (χ4v) is 3.76. The third-order valence-electron chi connectivity index (χ3n) is 3.87. The van der Waals surface area contributed by atoms with Crippen molar-refractivity contribution in [3.05, 3.63) is 54.4 Å². The number of hydrogen-bond donors (Lipinski definition) is 2. The van der Waals surface area contributed by atoms with Gasteiger partial charge in [-0.1, -0.05) is 19.9 Å². The van der Waals surface area contributed by atoms with Crippen LogP contribution in [0.3, 0.4) is 0 Å². The Balaban J connectivity index is 2.08. The molecule has 0 saturated carbocycles. The molecule has 2 aromatic rings. The van der Waals surface area contributed by atoms with E-state index in [0.29, 0.717) is 12.4 Å². The molecule has 1 atom stereocenters. The smallest absolute Gasteiger partial charge is 0.241 e. The lowest BCUT2D eigenvalue weighted by Gasteiger charge is -2.21. The summed E-state index contributed by atoms with van der Waals surface area (Å²) < 4.78 is 33.1. The summed E-state index contributed by atoms with van der Waals surface area (Å²) in [7, 11) is -3.84. The van der Waals surface area contributed by atoms with Gasteiger partial charge in [0.05, 0.1) is 11.5 Å². The molecular weight excluding hydrogens is 366 g/mol. The van der Waals surface area contributed by atoms with E-state index >= 15 is 0 Å². The molecule has 1 aromatic heterocycles. The Morgan fingerprint density at radius 1 is 1.19 bits per heavy atom. The number of nitrogens with one attached hydrogen (secondary N) is 2. The van der Waals surface area contributed by atoms with Crippen LogP contribution in [0.4, 0.5) is 0 Å². The number of ether oxygens (including phenoxy) is 1. The van der Waals surface area contributed by atoms with Crippen LogP contribution in [0, 0.1) is 5.92 Å². The Kier molecular flexibility index (Phi) is 7.32. The molecule has 0 aliphatic carbocycles. The number of benzene rings is 1. The summed E-state index contributed by atoms with van der Waals surface area (Å²) in [5.74, 6) is -0.0224. The average Bonchev–Trinajstić information content (AvgIpc) is 2.65. The highest BCUT2D eigenvalue weighted by atomic mass is 32.2. The van der Waals surface area contributed by atoms with Crippen LogP contribution in [-0.2, 0) is 21.4 Å². The van der Waals surface area contributed by atoms with Crippen LogP contribution in [0.25, 0.3) is 0 Å². The first-order valence-corrected chi connectivity index (χ1v) is 10.2. The molecule has 0 saturated heterocycles. The molecule has 146 valence electrons. The maximum absolute atomic E-state index is 12.7. The van der Waals surface area contributed by atoms with E-state index in [4.69, 9.17) is 4.74 Å². The molecule has 0 aliphatic heterocycles. The van der Waals surface area contributed by atoms with Crippen LogP contribution in [0.1, 0.15) is 26.3 Å². The van der Waals surface area contributed by atoms with Crippen molar-refractivity contribution in [1.82, 2.24) is 15.0 Å². The first-order valence-electron chi connectivity index (χ1n) is 8.75. The average molecular weight is 391 g/mol. The minimum Gasteiger partial charge on any atom is -0.494 e. The molecule has 0 fully saturated rings. The molecule has 1 amide bonds. The minimum atomic E-state index is -3.84. The molecule has 0 aliphatic rings. The van der Waals surface area contributed by atoms with Gasteiger partial charge in [0, 0.05) is 18.9 Å². The maximum Gasteiger partial charge on any atom is 0.241 e. The molecule has 8 heteroatoms. The second-order valence-corrected chi connectivity index (χ2v) is 8.04. The number of carbonyl (C=O) groups excluding carboxylic acids is 1. The predicted octanol–water partition coefficient (Wildman–Crippen LogP) is 2.10. The van der Waals surface area contributed by atoms with Crippen LogP contribution >= 0.6 is 0 Å². The number of rotatable bonds is 9. The third kappa shape index (κ3) is 6.04. The van der Waals surface area contributed by atoms with Gasteiger partial charge in [-0.05, 0) is 48.7 Å². The van der Waals surface area contributed by atoms with Gasteiger partial charge in [-0.2, -0.15) is 4.72 Å². The Morgan fingerprint density at radius 3 is 2.44 bits per heavy atom. The number of amides is 1. The quantitative estimate of drug-likeness (QED) is 0.682. The van der Waals surface area contributed by atoms with Gasteiger partial charge in [0.25, 0.3) is 0 Å². The SMILES string of the molecule is CCOc1ccc(S(=O)(=O)N[C@H](C(=O)NCc2cccnc2)C(C)C)cc1. The molecule has 27 heavy (non-hydrogen) atoms. The maximum atomic E-state index is 12.7. The standard InChI is InChI=1S/C19H25N3O4S/c1-4-26-16-7-9-17(10-8-16)27(24,25)22-18(14(2)3)19(23)21-13-15-6-5-11-20-12-15/h5-12,14,18,22H,4,13H2,1-3H3,(H,21,23)/t18-/m0/s1. The van der Waals surface area contributed by atoms with Gasteiger partial charge in [0.15, 0.2) is 0 Å². The van der Waals surface area contributed by atoms with Crippen molar-refractivity contribution in [2.24, 2.45) is 5.92 Å². The molecular formula is C19H25N3O4S. The van der Waals surface area contributed by atoms with Crippen molar-refractivity contribution in [1.29, 1.82) is 0 Å². The van der Waals surface area contributed by atoms with Crippen molar-refractivity contribution in [2.45, 2.75) is 38.3 Å². The molecule has 2 N–H and O–H groups in total. The highest BCUT2D eigenvalue weighted by Gasteiger charge is 2.28. The Labute approximate surface area is 160 Å². The largest absolute Gasteiger partial charge is 0.494 e.